The van der Waals surface area contributed by atoms with Crippen molar-refractivity contribution in [2.45, 2.75) is 39.5 Å². The normalized spacial score (nSPS) is 12.2. The fourth-order valence-corrected chi connectivity index (χ4v) is 3.45. The van der Waals surface area contributed by atoms with Gasteiger partial charge in [0.1, 0.15) is 5.75 Å². The molecule has 27 heavy (non-hydrogen) atoms. The number of amides is 1. The monoisotopic (exact) mass is 383 g/mol. The van der Waals surface area contributed by atoms with E-state index in [1.807, 2.05) is 31.2 Å². The summed E-state index contributed by atoms with van der Waals surface area (Å²) in [6.07, 6.45) is 4.30. The van der Waals surface area contributed by atoms with Gasteiger partial charge in [-0.05, 0) is 79.2 Å². The lowest BCUT2D eigenvalue weighted by molar-refractivity contribution is -0.123. The molecule has 0 unspecified atom stereocenters. The van der Waals surface area contributed by atoms with Crippen molar-refractivity contribution in [3.05, 3.63) is 58.7 Å². The van der Waals surface area contributed by atoms with E-state index in [9.17, 15) is 4.79 Å². The van der Waals surface area contributed by atoms with Crippen molar-refractivity contribution < 1.29 is 9.53 Å². The number of para-hydroxylation sites is 1. The highest BCUT2D eigenvalue weighted by Gasteiger charge is 2.12. The number of carbonyl (C=O) groups is 1. The van der Waals surface area contributed by atoms with Gasteiger partial charge in [0, 0.05) is 5.69 Å². The fraction of sp³-hybridized carbons (Fsp3) is 0.333. The fourth-order valence-electron chi connectivity index (χ4n) is 3.30. The number of ether oxygens (including phenoxy) is 1. The number of hydrazine groups is 1. The Kier molecular flexibility index (Phi) is 6.29. The standard InChI is InChI=1S/C21H25N3O2S/c1-3-15-7-4-6-14(2)20(15)22-21(27)24-23-19(25)13-26-18-11-10-16-8-5-9-17(16)12-18/h4,6-7,10-12H,3,5,8-9,13H2,1-2H3,(H,23,25)(H2,22,24,27). The maximum atomic E-state index is 12.0. The van der Waals surface area contributed by atoms with Gasteiger partial charge in [-0.3, -0.25) is 15.6 Å². The first-order valence-electron chi connectivity index (χ1n) is 9.25. The molecule has 3 rings (SSSR count). The van der Waals surface area contributed by atoms with Crippen LogP contribution in [0, 0.1) is 6.92 Å². The van der Waals surface area contributed by atoms with E-state index in [2.05, 4.69) is 35.2 Å². The van der Waals surface area contributed by atoms with Crippen molar-refractivity contribution in [2.75, 3.05) is 11.9 Å². The number of hydrogen-bond acceptors (Lipinski definition) is 3. The van der Waals surface area contributed by atoms with Crippen LogP contribution in [0.4, 0.5) is 5.69 Å². The molecule has 3 N–H and O–H groups in total. The van der Waals surface area contributed by atoms with Crippen LogP contribution in [0.2, 0.25) is 0 Å². The molecule has 0 bridgehead atoms. The molecule has 0 heterocycles. The largest absolute Gasteiger partial charge is 0.484 e. The Morgan fingerprint density at radius 1 is 1.15 bits per heavy atom. The van der Waals surface area contributed by atoms with E-state index in [-0.39, 0.29) is 12.5 Å². The topological polar surface area (TPSA) is 62.4 Å². The van der Waals surface area contributed by atoms with Gasteiger partial charge >= 0.3 is 0 Å². The van der Waals surface area contributed by atoms with Gasteiger partial charge in [0.2, 0.25) is 0 Å². The highest BCUT2D eigenvalue weighted by Crippen LogP contribution is 2.26. The zero-order valence-corrected chi connectivity index (χ0v) is 16.5. The second-order valence-corrected chi connectivity index (χ2v) is 7.07. The third-order valence-corrected chi connectivity index (χ3v) is 4.94. The molecule has 0 radical (unpaired) electrons. The number of aryl methyl sites for hydroxylation is 4. The predicted octanol–water partition coefficient (Wildman–Crippen LogP) is 3.44. The minimum atomic E-state index is -0.292. The summed E-state index contributed by atoms with van der Waals surface area (Å²) >= 11 is 5.28. The molecule has 2 aromatic rings. The molecule has 0 saturated heterocycles. The molecule has 6 heteroatoms. The van der Waals surface area contributed by atoms with Crippen molar-refractivity contribution in [3.8, 4) is 5.75 Å². The van der Waals surface area contributed by atoms with Crippen molar-refractivity contribution in [1.29, 1.82) is 0 Å². The van der Waals surface area contributed by atoms with E-state index in [1.165, 1.54) is 23.1 Å². The SMILES string of the molecule is CCc1cccc(C)c1NC(=S)NNC(=O)COc1ccc2c(c1)CCC2. The van der Waals surface area contributed by atoms with Crippen molar-refractivity contribution >= 4 is 28.9 Å². The first kappa shape index (κ1) is 19.2. The Hall–Kier alpha value is -2.60. The van der Waals surface area contributed by atoms with Crippen LogP contribution in [0.25, 0.3) is 0 Å². The number of hydrogen-bond donors (Lipinski definition) is 3. The molecule has 1 aliphatic carbocycles. The lowest BCUT2D eigenvalue weighted by atomic mass is 10.1. The summed E-state index contributed by atoms with van der Waals surface area (Å²) in [7, 11) is 0. The lowest BCUT2D eigenvalue weighted by Crippen LogP contribution is -2.45. The Balaban J connectivity index is 1.46. The van der Waals surface area contributed by atoms with Crippen molar-refractivity contribution in [1.82, 2.24) is 10.9 Å². The quantitative estimate of drug-likeness (QED) is 0.545. The summed E-state index contributed by atoms with van der Waals surface area (Å²) in [5.74, 6) is 0.430. The van der Waals surface area contributed by atoms with Crippen LogP contribution in [-0.2, 0) is 24.1 Å². The Morgan fingerprint density at radius 2 is 1.96 bits per heavy atom. The second kappa shape index (κ2) is 8.86. The molecule has 2 aromatic carbocycles. The van der Waals surface area contributed by atoms with Gasteiger partial charge < -0.3 is 10.1 Å². The summed E-state index contributed by atoms with van der Waals surface area (Å²) in [6, 6.07) is 12.1. The molecule has 5 nitrogen and oxygen atoms in total. The summed E-state index contributed by atoms with van der Waals surface area (Å²) in [5.41, 5.74) is 11.2. The molecular formula is C21H25N3O2S. The Bertz CT molecular complexity index is 851. The van der Waals surface area contributed by atoms with Crippen molar-refractivity contribution in [2.24, 2.45) is 0 Å². The summed E-state index contributed by atoms with van der Waals surface area (Å²) in [5, 5.41) is 3.49. The molecule has 0 fully saturated rings. The van der Waals surface area contributed by atoms with Crippen LogP contribution in [0.1, 0.15) is 35.6 Å². The van der Waals surface area contributed by atoms with Gasteiger partial charge in [-0.15, -0.1) is 0 Å². The molecule has 0 aliphatic heterocycles. The lowest BCUT2D eigenvalue weighted by Gasteiger charge is -2.16. The molecule has 1 amide bonds. The van der Waals surface area contributed by atoms with Gasteiger partial charge in [0.15, 0.2) is 11.7 Å². The highest BCUT2D eigenvalue weighted by molar-refractivity contribution is 7.80. The van der Waals surface area contributed by atoms with Crippen LogP contribution < -0.4 is 20.9 Å². The molecule has 142 valence electrons. The number of fused-ring (bicyclic) bond motifs is 1. The minimum Gasteiger partial charge on any atom is -0.484 e. The third-order valence-electron chi connectivity index (χ3n) is 4.73. The van der Waals surface area contributed by atoms with Crippen LogP contribution in [0.5, 0.6) is 5.75 Å². The van der Waals surface area contributed by atoms with Gasteiger partial charge in [-0.2, -0.15) is 0 Å². The average molecular weight is 384 g/mol. The summed E-state index contributed by atoms with van der Waals surface area (Å²) in [6.45, 7) is 4.04. The summed E-state index contributed by atoms with van der Waals surface area (Å²) in [4.78, 5) is 12.0. The number of rotatable bonds is 5. The number of benzene rings is 2. The smallest absolute Gasteiger partial charge is 0.276 e. The Labute approximate surface area is 165 Å². The first-order valence-corrected chi connectivity index (χ1v) is 9.66. The zero-order valence-electron chi connectivity index (χ0n) is 15.7. The van der Waals surface area contributed by atoms with Crippen LogP contribution >= 0.6 is 12.2 Å². The van der Waals surface area contributed by atoms with E-state index < -0.39 is 0 Å². The zero-order chi connectivity index (χ0) is 19.2. The Morgan fingerprint density at radius 3 is 2.78 bits per heavy atom. The highest BCUT2D eigenvalue weighted by atomic mass is 32.1. The van der Waals surface area contributed by atoms with Crippen LogP contribution in [0.15, 0.2) is 36.4 Å². The molecule has 0 atom stereocenters. The van der Waals surface area contributed by atoms with E-state index in [1.54, 1.807) is 0 Å². The number of carbonyl (C=O) groups excluding carboxylic acids is 1. The first-order chi connectivity index (χ1) is 13.1. The van der Waals surface area contributed by atoms with E-state index >= 15 is 0 Å². The van der Waals surface area contributed by atoms with Crippen LogP contribution in [0.3, 0.4) is 0 Å². The predicted molar refractivity (Wildman–Crippen MR) is 112 cm³/mol. The maximum absolute atomic E-state index is 12.0. The molecular weight excluding hydrogens is 358 g/mol. The van der Waals surface area contributed by atoms with E-state index in [0.29, 0.717) is 5.11 Å². The van der Waals surface area contributed by atoms with Gasteiger partial charge in [-0.1, -0.05) is 31.2 Å². The minimum absolute atomic E-state index is 0.0705. The number of thiocarbonyl (C=S) groups is 1. The second-order valence-electron chi connectivity index (χ2n) is 6.66. The van der Waals surface area contributed by atoms with Gasteiger partial charge in [0.25, 0.3) is 5.91 Å². The number of nitrogens with one attached hydrogen (secondary N) is 3. The molecule has 0 aromatic heterocycles. The molecule has 1 aliphatic rings. The van der Waals surface area contributed by atoms with E-state index in [0.717, 1.165) is 36.3 Å². The van der Waals surface area contributed by atoms with Gasteiger partial charge in [0.05, 0.1) is 0 Å². The third kappa shape index (κ3) is 4.98. The maximum Gasteiger partial charge on any atom is 0.276 e. The van der Waals surface area contributed by atoms with Crippen molar-refractivity contribution in [3.63, 3.8) is 0 Å². The van der Waals surface area contributed by atoms with Crippen LogP contribution in [-0.4, -0.2) is 17.6 Å². The van der Waals surface area contributed by atoms with E-state index in [4.69, 9.17) is 17.0 Å². The molecule has 0 saturated carbocycles. The molecule has 0 spiro atoms. The average Bonchev–Trinajstić information content (AvgIpc) is 3.14. The number of anilines is 1. The van der Waals surface area contributed by atoms with Gasteiger partial charge in [-0.25, -0.2) is 0 Å². The summed E-state index contributed by atoms with van der Waals surface area (Å²) < 4.78 is 5.58.